The zero-order chi connectivity index (χ0) is 11.5. The Morgan fingerprint density at radius 3 is 2.53 bits per heavy atom. The molecule has 0 spiro atoms. The maximum absolute atomic E-state index is 12.1. The second-order valence-electron chi connectivity index (χ2n) is 2.82. The highest BCUT2D eigenvalue weighted by molar-refractivity contribution is 5.25. The van der Waals surface area contributed by atoms with Crippen molar-refractivity contribution in [3.05, 3.63) is 5.82 Å². The predicted octanol–water partition coefficient (Wildman–Crippen LogP) is -0.148. The first-order valence-electron chi connectivity index (χ1n) is 4.17. The Hall–Kier alpha value is -1.35. The molecule has 0 saturated carbocycles. The number of hydrogen-bond donors (Lipinski definition) is 3. The Morgan fingerprint density at radius 2 is 2.07 bits per heavy atom. The van der Waals surface area contributed by atoms with Crippen molar-refractivity contribution in [2.45, 2.75) is 12.6 Å². The minimum Gasteiger partial charge on any atom is -0.330 e. The Kier molecular flexibility index (Phi) is 3.48. The molecule has 1 rings (SSSR count). The van der Waals surface area contributed by atoms with Crippen molar-refractivity contribution in [3.8, 4) is 0 Å². The van der Waals surface area contributed by atoms with Gasteiger partial charge >= 0.3 is 6.18 Å². The Bertz CT molecular complexity index is 308. The molecular formula is C6H11F3N6. The number of aromatic nitrogens is 3. The molecule has 1 heterocycles. The van der Waals surface area contributed by atoms with Crippen molar-refractivity contribution in [3.63, 3.8) is 0 Å². The third-order valence-electron chi connectivity index (χ3n) is 1.60. The van der Waals surface area contributed by atoms with E-state index in [1.165, 1.54) is 0 Å². The van der Waals surface area contributed by atoms with Crippen LogP contribution in [-0.2, 0) is 6.18 Å². The number of aromatic amines is 1. The van der Waals surface area contributed by atoms with Gasteiger partial charge < -0.3 is 5.73 Å². The number of hydrazine groups is 1. The lowest BCUT2D eigenvalue weighted by Gasteiger charge is -2.13. The summed E-state index contributed by atoms with van der Waals surface area (Å²) in [7, 11) is 0. The molecule has 0 aromatic carbocycles. The second-order valence-corrected chi connectivity index (χ2v) is 2.82. The molecule has 0 aliphatic carbocycles. The number of nitrogens with two attached hydrogens (primary N) is 2. The summed E-state index contributed by atoms with van der Waals surface area (Å²) in [6.07, 6.45) is -4.01. The number of H-pyrrole nitrogens is 1. The smallest absolute Gasteiger partial charge is 0.330 e. The van der Waals surface area contributed by atoms with E-state index < -0.39 is 12.0 Å². The monoisotopic (exact) mass is 224 g/mol. The topological polar surface area (TPSA) is 96.8 Å². The van der Waals surface area contributed by atoms with E-state index in [0.29, 0.717) is 19.5 Å². The molecule has 0 aliphatic rings. The van der Waals surface area contributed by atoms with E-state index in [9.17, 15) is 13.2 Å². The lowest BCUT2D eigenvalue weighted by atomic mass is 10.4. The Labute approximate surface area is 83.4 Å². The van der Waals surface area contributed by atoms with Gasteiger partial charge in [-0.2, -0.15) is 18.2 Å². The number of hydrogen-bond acceptors (Lipinski definition) is 5. The van der Waals surface area contributed by atoms with Crippen LogP contribution >= 0.6 is 0 Å². The fraction of sp³-hybridized carbons (Fsp3) is 0.667. The third-order valence-corrected chi connectivity index (χ3v) is 1.60. The molecule has 15 heavy (non-hydrogen) atoms. The van der Waals surface area contributed by atoms with Crippen LogP contribution in [-0.4, -0.2) is 28.3 Å². The van der Waals surface area contributed by atoms with Gasteiger partial charge in [-0.05, 0) is 13.0 Å². The van der Waals surface area contributed by atoms with Crippen LogP contribution in [0.2, 0.25) is 0 Å². The first-order chi connectivity index (χ1) is 6.95. The van der Waals surface area contributed by atoms with Crippen molar-refractivity contribution in [1.29, 1.82) is 0 Å². The average molecular weight is 224 g/mol. The zero-order valence-corrected chi connectivity index (χ0v) is 7.75. The second kappa shape index (κ2) is 4.45. The summed E-state index contributed by atoms with van der Waals surface area (Å²) in [6, 6.07) is 0. The van der Waals surface area contributed by atoms with Crippen LogP contribution in [0.5, 0.6) is 0 Å². The maximum atomic E-state index is 12.1. The molecule has 0 saturated heterocycles. The van der Waals surface area contributed by atoms with Gasteiger partial charge in [0.25, 0.3) is 5.82 Å². The summed E-state index contributed by atoms with van der Waals surface area (Å²) in [5.74, 6) is 4.05. The van der Waals surface area contributed by atoms with Crippen LogP contribution in [0.15, 0.2) is 0 Å². The molecule has 0 aliphatic heterocycles. The molecule has 0 unspecified atom stereocenters. The maximum Gasteiger partial charge on any atom is 0.453 e. The van der Waals surface area contributed by atoms with Crippen molar-refractivity contribution >= 4 is 5.95 Å². The Balaban J connectivity index is 2.67. The van der Waals surface area contributed by atoms with Gasteiger partial charge in [-0.3, -0.25) is 5.01 Å². The SMILES string of the molecule is NCCCN(N)c1nc(C(F)(F)F)n[nH]1. The first-order valence-corrected chi connectivity index (χ1v) is 4.17. The minimum absolute atomic E-state index is 0.129. The molecule has 86 valence electrons. The van der Waals surface area contributed by atoms with Gasteiger partial charge in [0.1, 0.15) is 0 Å². The molecule has 0 bridgehead atoms. The summed E-state index contributed by atoms with van der Waals surface area (Å²) in [5, 5.41) is 6.14. The number of halogens is 3. The van der Waals surface area contributed by atoms with Crippen LogP contribution < -0.4 is 16.6 Å². The Morgan fingerprint density at radius 1 is 1.40 bits per heavy atom. The molecule has 0 radical (unpaired) electrons. The van der Waals surface area contributed by atoms with Crippen LogP contribution in [0.3, 0.4) is 0 Å². The normalized spacial score (nSPS) is 11.8. The average Bonchev–Trinajstić information content (AvgIpc) is 2.62. The number of alkyl halides is 3. The fourth-order valence-corrected chi connectivity index (χ4v) is 0.876. The first kappa shape index (κ1) is 11.7. The zero-order valence-electron chi connectivity index (χ0n) is 7.75. The number of anilines is 1. The van der Waals surface area contributed by atoms with Gasteiger partial charge in [0, 0.05) is 6.54 Å². The summed E-state index contributed by atoms with van der Waals surface area (Å²) in [5.41, 5.74) is 5.22. The molecule has 6 nitrogen and oxygen atoms in total. The van der Waals surface area contributed by atoms with Crippen molar-refractivity contribution in [2.75, 3.05) is 18.1 Å². The quantitative estimate of drug-likeness (QED) is 0.488. The number of rotatable bonds is 4. The summed E-state index contributed by atoms with van der Waals surface area (Å²) >= 11 is 0. The van der Waals surface area contributed by atoms with Gasteiger partial charge in [0.15, 0.2) is 0 Å². The highest BCUT2D eigenvalue weighted by Crippen LogP contribution is 2.26. The van der Waals surface area contributed by atoms with Crippen LogP contribution in [0.25, 0.3) is 0 Å². The molecule has 0 amide bonds. The fourth-order valence-electron chi connectivity index (χ4n) is 0.876. The minimum atomic E-state index is -4.57. The molecule has 1 aromatic heterocycles. The van der Waals surface area contributed by atoms with Gasteiger partial charge in [-0.1, -0.05) is 0 Å². The van der Waals surface area contributed by atoms with Crippen LogP contribution in [0.4, 0.5) is 19.1 Å². The molecule has 0 atom stereocenters. The van der Waals surface area contributed by atoms with Crippen molar-refractivity contribution < 1.29 is 13.2 Å². The van der Waals surface area contributed by atoms with E-state index in [1.54, 1.807) is 0 Å². The molecule has 1 aromatic rings. The van der Waals surface area contributed by atoms with Gasteiger partial charge in [0.2, 0.25) is 5.95 Å². The number of nitrogens with one attached hydrogen (secondary N) is 1. The van der Waals surface area contributed by atoms with Gasteiger partial charge in [0.05, 0.1) is 0 Å². The van der Waals surface area contributed by atoms with E-state index in [-0.39, 0.29) is 5.95 Å². The van der Waals surface area contributed by atoms with E-state index in [0.717, 1.165) is 5.01 Å². The highest BCUT2D eigenvalue weighted by atomic mass is 19.4. The van der Waals surface area contributed by atoms with E-state index in [1.807, 2.05) is 0 Å². The standard InChI is InChI=1S/C6H11F3N6/c7-6(8,9)4-12-5(14-13-4)15(11)3-1-2-10/h1-3,10-11H2,(H,12,13,14). The largest absolute Gasteiger partial charge is 0.453 e. The van der Waals surface area contributed by atoms with Gasteiger partial charge in [-0.25, -0.2) is 10.9 Å². The van der Waals surface area contributed by atoms with Gasteiger partial charge in [-0.15, -0.1) is 5.10 Å². The lowest BCUT2D eigenvalue weighted by molar-refractivity contribution is -0.144. The predicted molar refractivity (Wildman–Crippen MR) is 46.6 cm³/mol. The van der Waals surface area contributed by atoms with Crippen molar-refractivity contribution in [1.82, 2.24) is 15.2 Å². The number of nitrogens with zero attached hydrogens (tertiary/aromatic N) is 3. The highest BCUT2D eigenvalue weighted by Gasteiger charge is 2.36. The lowest BCUT2D eigenvalue weighted by Crippen LogP contribution is -2.34. The summed E-state index contributed by atoms with van der Waals surface area (Å²) in [6.45, 7) is 0.705. The summed E-state index contributed by atoms with van der Waals surface area (Å²) < 4.78 is 36.3. The summed E-state index contributed by atoms with van der Waals surface area (Å²) in [4.78, 5) is 3.20. The third kappa shape index (κ3) is 3.06. The van der Waals surface area contributed by atoms with Crippen molar-refractivity contribution in [2.24, 2.45) is 11.6 Å². The molecular weight excluding hydrogens is 213 g/mol. The molecule has 0 fully saturated rings. The van der Waals surface area contributed by atoms with E-state index in [2.05, 4.69) is 15.2 Å². The van der Waals surface area contributed by atoms with E-state index >= 15 is 0 Å². The molecule has 5 N–H and O–H groups in total. The van der Waals surface area contributed by atoms with Crippen LogP contribution in [0, 0.1) is 0 Å². The van der Waals surface area contributed by atoms with E-state index in [4.69, 9.17) is 11.6 Å². The van der Waals surface area contributed by atoms with Crippen LogP contribution in [0.1, 0.15) is 12.2 Å². The molecule has 9 heteroatoms.